The van der Waals surface area contributed by atoms with E-state index in [-0.39, 0.29) is 19.1 Å². The van der Waals surface area contributed by atoms with Gasteiger partial charge in [0.15, 0.2) is 0 Å². The molecule has 138 valence electrons. The van der Waals surface area contributed by atoms with Crippen molar-refractivity contribution in [3.63, 3.8) is 0 Å². The van der Waals surface area contributed by atoms with Crippen LogP contribution < -0.4 is 10.6 Å². The highest BCUT2D eigenvalue weighted by atomic mass is 16.5. The van der Waals surface area contributed by atoms with Gasteiger partial charge >= 0.3 is 6.09 Å². The zero-order valence-corrected chi connectivity index (χ0v) is 14.6. The smallest absolute Gasteiger partial charge is 0.407 e. The van der Waals surface area contributed by atoms with Crippen LogP contribution >= 0.6 is 0 Å². The first-order chi connectivity index (χ1) is 13.1. The Hall–Kier alpha value is -3.68. The maximum absolute atomic E-state index is 12.1. The minimum absolute atomic E-state index is 0.139. The zero-order valence-electron chi connectivity index (χ0n) is 14.6. The Bertz CT molecular complexity index is 911. The molecule has 0 aliphatic carbocycles. The summed E-state index contributed by atoms with van der Waals surface area (Å²) in [5.41, 5.74) is 3.00. The number of aromatic nitrogens is 2. The first-order valence-electron chi connectivity index (χ1n) is 8.23. The lowest BCUT2D eigenvalue weighted by atomic mass is 10.1. The monoisotopic (exact) mass is 366 g/mol. The second kappa shape index (κ2) is 8.61. The number of nitrogens with one attached hydrogen (secondary N) is 2. The number of anilines is 1. The fraction of sp³-hybridized carbons (Fsp3) is 0.158. The predicted molar refractivity (Wildman–Crippen MR) is 97.7 cm³/mol. The van der Waals surface area contributed by atoms with Crippen molar-refractivity contribution in [2.24, 2.45) is 0 Å². The van der Waals surface area contributed by atoms with Crippen molar-refractivity contribution in [1.82, 2.24) is 15.5 Å². The molecule has 2 aromatic carbocycles. The molecule has 1 heterocycles. The number of amides is 2. The number of rotatable bonds is 6. The van der Waals surface area contributed by atoms with Gasteiger partial charge in [-0.3, -0.25) is 4.79 Å². The van der Waals surface area contributed by atoms with Crippen LogP contribution in [0.4, 0.5) is 10.5 Å². The molecule has 0 atom stereocenters. The van der Waals surface area contributed by atoms with Gasteiger partial charge in [-0.2, -0.15) is 0 Å². The molecule has 0 radical (unpaired) electrons. The molecule has 0 spiro atoms. The average molecular weight is 366 g/mol. The van der Waals surface area contributed by atoms with Gasteiger partial charge in [0.1, 0.15) is 13.2 Å². The summed E-state index contributed by atoms with van der Waals surface area (Å²) >= 11 is 0. The van der Waals surface area contributed by atoms with E-state index in [2.05, 4.69) is 20.8 Å². The third-order valence-corrected chi connectivity index (χ3v) is 3.72. The van der Waals surface area contributed by atoms with Crippen molar-refractivity contribution < 1.29 is 18.7 Å². The molecule has 2 N–H and O–H groups in total. The van der Waals surface area contributed by atoms with E-state index in [1.165, 1.54) is 6.39 Å². The third-order valence-electron chi connectivity index (χ3n) is 3.72. The maximum atomic E-state index is 12.1. The summed E-state index contributed by atoms with van der Waals surface area (Å²) in [5.74, 6) is -0.0226. The highest BCUT2D eigenvalue weighted by Crippen LogP contribution is 2.23. The molecule has 0 aliphatic heterocycles. The molecule has 0 unspecified atom stereocenters. The Morgan fingerprint density at radius 1 is 1.15 bits per heavy atom. The highest BCUT2D eigenvalue weighted by Gasteiger charge is 2.11. The van der Waals surface area contributed by atoms with Crippen LogP contribution in [0.1, 0.15) is 11.1 Å². The quantitative estimate of drug-likeness (QED) is 0.695. The maximum Gasteiger partial charge on any atom is 0.407 e. The van der Waals surface area contributed by atoms with Crippen LogP contribution in [-0.4, -0.2) is 28.7 Å². The molecule has 0 bridgehead atoms. The van der Waals surface area contributed by atoms with Gasteiger partial charge in [-0.05, 0) is 30.2 Å². The molecular formula is C19H18N4O4. The van der Waals surface area contributed by atoms with E-state index in [1.54, 1.807) is 6.07 Å². The van der Waals surface area contributed by atoms with E-state index in [9.17, 15) is 9.59 Å². The Morgan fingerprint density at radius 3 is 2.70 bits per heavy atom. The standard InChI is InChI=1S/C19H18N4O4/c1-13-7-8-15(18-23-21-12-27-18)9-16(13)22-17(24)10-20-19(25)26-11-14-5-3-2-4-6-14/h2-9,12H,10-11H2,1H3,(H,20,25)(H,22,24). The Kier molecular flexibility index (Phi) is 5.78. The molecule has 1 aromatic heterocycles. The molecule has 0 fully saturated rings. The van der Waals surface area contributed by atoms with Crippen LogP contribution in [0.2, 0.25) is 0 Å². The van der Waals surface area contributed by atoms with Gasteiger partial charge in [-0.15, -0.1) is 10.2 Å². The minimum Gasteiger partial charge on any atom is -0.445 e. The first-order valence-corrected chi connectivity index (χ1v) is 8.23. The molecular weight excluding hydrogens is 348 g/mol. The van der Waals surface area contributed by atoms with Gasteiger partial charge in [0.05, 0.1) is 0 Å². The summed E-state index contributed by atoms with van der Waals surface area (Å²) in [6.07, 6.45) is 0.573. The summed E-state index contributed by atoms with van der Waals surface area (Å²) in [5, 5.41) is 12.6. The molecule has 27 heavy (non-hydrogen) atoms. The van der Waals surface area contributed by atoms with Crippen LogP contribution in [0.25, 0.3) is 11.5 Å². The van der Waals surface area contributed by atoms with Gasteiger partial charge in [0.2, 0.25) is 18.2 Å². The van der Waals surface area contributed by atoms with Crippen molar-refractivity contribution in [2.45, 2.75) is 13.5 Å². The normalized spacial score (nSPS) is 10.3. The second-order valence-corrected chi connectivity index (χ2v) is 5.74. The average Bonchev–Trinajstić information content (AvgIpc) is 3.22. The number of carbonyl (C=O) groups is 2. The Morgan fingerprint density at radius 2 is 1.96 bits per heavy atom. The van der Waals surface area contributed by atoms with Crippen LogP contribution in [0.5, 0.6) is 0 Å². The van der Waals surface area contributed by atoms with Crippen molar-refractivity contribution in [3.05, 3.63) is 66.1 Å². The lowest BCUT2D eigenvalue weighted by Gasteiger charge is -2.10. The molecule has 8 heteroatoms. The Balaban J connectivity index is 1.50. The van der Waals surface area contributed by atoms with Crippen LogP contribution in [0, 0.1) is 6.92 Å². The number of ether oxygens (including phenoxy) is 1. The number of alkyl carbamates (subject to hydrolysis) is 1. The number of nitrogens with zero attached hydrogens (tertiary/aromatic N) is 2. The summed E-state index contributed by atoms with van der Waals surface area (Å²) in [4.78, 5) is 23.8. The number of carbonyl (C=O) groups excluding carboxylic acids is 2. The van der Waals surface area contributed by atoms with E-state index < -0.39 is 6.09 Å². The van der Waals surface area contributed by atoms with Gasteiger partial charge in [-0.1, -0.05) is 36.4 Å². The van der Waals surface area contributed by atoms with E-state index in [0.717, 1.165) is 11.1 Å². The number of benzene rings is 2. The van der Waals surface area contributed by atoms with E-state index in [0.29, 0.717) is 17.1 Å². The zero-order chi connectivity index (χ0) is 19.1. The van der Waals surface area contributed by atoms with E-state index in [4.69, 9.17) is 9.15 Å². The van der Waals surface area contributed by atoms with E-state index in [1.807, 2.05) is 49.4 Å². The molecule has 3 aromatic rings. The van der Waals surface area contributed by atoms with Crippen LogP contribution in [0.15, 0.2) is 59.3 Å². The highest BCUT2D eigenvalue weighted by molar-refractivity contribution is 5.95. The fourth-order valence-electron chi connectivity index (χ4n) is 2.31. The number of hydrogen-bond donors (Lipinski definition) is 2. The molecule has 0 saturated carbocycles. The minimum atomic E-state index is -0.662. The van der Waals surface area contributed by atoms with Gasteiger partial charge < -0.3 is 19.8 Å². The summed E-state index contributed by atoms with van der Waals surface area (Å²) < 4.78 is 10.2. The lowest BCUT2D eigenvalue weighted by Crippen LogP contribution is -2.33. The number of hydrogen-bond acceptors (Lipinski definition) is 6. The summed E-state index contributed by atoms with van der Waals surface area (Å²) in [6.45, 7) is 1.78. The van der Waals surface area contributed by atoms with Crippen molar-refractivity contribution in [3.8, 4) is 11.5 Å². The van der Waals surface area contributed by atoms with Crippen molar-refractivity contribution in [1.29, 1.82) is 0 Å². The van der Waals surface area contributed by atoms with Crippen LogP contribution in [-0.2, 0) is 16.1 Å². The second-order valence-electron chi connectivity index (χ2n) is 5.74. The Labute approximate surface area is 155 Å². The molecule has 2 amide bonds. The van der Waals surface area contributed by atoms with Gasteiger partial charge in [-0.25, -0.2) is 4.79 Å². The van der Waals surface area contributed by atoms with Gasteiger partial charge in [0.25, 0.3) is 0 Å². The number of aryl methyl sites for hydroxylation is 1. The van der Waals surface area contributed by atoms with Crippen molar-refractivity contribution in [2.75, 3.05) is 11.9 Å². The molecule has 0 saturated heterocycles. The summed E-state index contributed by atoms with van der Waals surface area (Å²) in [6, 6.07) is 14.7. The third kappa shape index (κ3) is 5.15. The topological polar surface area (TPSA) is 106 Å². The van der Waals surface area contributed by atoms with Crippen molar-refractivity contribution >= 4 is 17.7 Å². The molecule has 0 aliphatic rings. The van der Waals surface area contributed by atoms with Crippen LogP contribution in [0.3, 0.4) is 0 Å². The molecule has 8 nitrogen and oxygen atoms in total. The van der Waals surface area contributed by atoms with Gasteiger partial charge in [0, 0.05) is 11.3 Å². The first kappa shape index (κ1) is 18.1. The van der Waals surface area contributed by atoms with E-state index >= 15 is 0 Å². The lowest BCUT2D eigenvalue weighted by molar-refractivity contribution is -0.115. The largest absolute Gasteiger partial charge is 0.445 e. The predicted octanol–water partition coefficient (Wildman–Crippen LogP) is 2.91. The summed E-state index contributed by atoms with van der Waals surface area (Å²) in [7, 11) is 0. The molecule has 3 rings (SSSR count). The SMILES string of the molecule is Cc1ccc(-c2nnco2)cc1NC(=O)CNC(=O)OCc1ccccc1. The fourth-order valence-corrected chi connectivity index (χ4v) is 2.31.